The highest BCUT2D eigenvalue weighted by molar-refractivity contribution is 5.76. The third-order valence-electron chi connectivity index (χ3n) is 3.17. The zero-order valence-electron chi connectivity index (χ0n) is 10.5. The molecular formula is C15H15N3. The van der Waals surface area contributed by atoms with Gasteiger partial charge in [0.15, 0.2) is 0 Å². The lowest BCUT2D eigenvalue weighted by Gasteiger charge is -2.00. The zero-order chi connectivity index (χ0) is 12.7. The van der Waals surface area contributed by atoms with Gasteiger partial charge in [-0.2, -0.15) is 0 Å². The molecule has 3 heteroatoms. The molecule has 0 spiro atoms. The number of imidazole rings is 1. The van der Waals surface area contributed by atoms with Crippen LogP contribution in [0.25, 0.3) is 16.9 Å². The number of aryl methyl sites for hydroxylation is 2. The minimum atomic E-state index is 0.694. The number of benzene rings is 1. The average Bonchev–Trinajstić information content (AvgIpc) is 2.69. The van der Waals surface area contributed by atoms with Gasteiger partial charge in [0.25, 0.3) is 0 Å². The molecular weight excluding hydrogens is 222 g/mol. The number of nitrogen functional groups attached to an aromatic ring is 1. The van der Waals surface area contributed by atoms with Crippen molar-refractivity contribution in [2.45, 2.75) is 13.8 Å². The summed E-state index contributed by atoms with van der Waals surface area (Å²) in [5.74, 6) is 0.694. The number of fused-ring (bicyclic) bond motifs is 1. The van der Waals surface area contributed by atoms with E-state index >= 15 is 0 Å². The van der Waals surface area contributed by atoms with Crippen molar-refractivity contribution in [1.82, 2.24) is 9.38 Å². The van der Waals surface area contributed by atoms with E-state index in [-0.39, 0.29) is 0 Å². The molecule has 0 aliphatic rings. The molecule has 2 heterocycles. The maximum Gasteiger partial charge on any atom is 0.142 e. The van der Waals surface area contributed by atoms with Crippen LogP contribution in [0.2, 0.25) is 0 Å². The lowest BCUT2D eigenvalue weighted by molar-refractivity contribution is 1.17. The van der Waals surface area contributed by atoms with Crippen LogP contribution in [0.4, 0.5) is 5.82 Å². The van der Waals surface area contributed by atoms with Crippen molar-refractivity contribution >= 4 is 11.5 Å². The molecule has 0 bridgehead atoms. The molecule has 0 atom stereocenters. The third-order valence-corrected chi connectivity index (χ3v) is 3.17. The first-order valence-corrected chi connectivity index (χ1v) is 5.97. The van der Waals surface area contributed by atoms with E-state index in [2.05, 4.69) is 24.0 Å². The van der Waals surface area contributed by atoms with E-state index in [1.165, 1.54) is 5.56 Å². The van der Waals surface area contributed by atoms with Crippen molar-refractivity contribution in [3.63, 3.8) is 0 Å². The fourth-order valence-electron chi connectivity index (χ4n) is 2.23. The van der Waals surface area contributed by atoms with Crippen LogP contribution in [0.5, 0.6) is 0 Å². The van der Waals surface area contributed by atoms with E-state index in [0.29, 0.717) is 5.82 Å². The van der Waals surface area contributed by atoms with Gasteiger partial charge in [0.1, 0.15) is 17.2 Å². The van der Waals surface area contributed by atoms with Gasteiger partial charge < -0.3 is 5.73 Å². The summed E-state index contributed by atoms with van der Waals surface area (Å²) in [6.45, 7) is 4.11. The summed E-state index contributed by atoms with van der Waals surface area (Å²) in [7, 11) is 0. The van der Waals surface area contributed by atoms with E-state index < -0.39 is 0 Å². The fraction of sp³-hybridized carbons (Fsp3) is 0.133. The molecule has 0 saturated carbocycles. The largest absolute Gasteiger partial charge is 0.383 e. The van der Waals surface area contributed by atoms with Crippen LogP contribution in [-0.4, -0.2) is 9.38 Å². The Balaban J connectivity index is 2.30. The van der Waals surface area contributed by atoms with Gasteiger partial charge in [0.2, 0.25) is 0 Å². The first-order valence-electron chi connectivity index (χ1n) is 5.97. The summed E-state index contributed by atoms with van der Waals surface area (Å²) in [5, 5.41) is 0. The van der Waals surface area contributed by atoms with Gasteiger partial charge in [-0.1, -0.05) is 29.8 Å². The molecule has 1 aromatic carbocycles. The molecule has 0 amide bonds. The summed E-state index contributed by atoms with van der Waals surface area (Å²) >= 11 is 0. The number of pyridine rings is 1. The van der Waals surface area contributed by atoms with Gasteiger partial charge in [-0.15, -0.1) is 0 Å². The zero-order valence-corrected chi connectivity index (χ0v) is 10.5. The van der Waals surface area contributed by atoms with Gasteiger partial charge in [0, 0.05) is 11.8 Å². The van der Waals surface area contributed by atoms with Crippen molar-refractivity contribution in [1.29, 1.82) is 0 Å². The molecule has 90 valence electrons. The number of nitrogens with zero attached hydrogens (tertiary/aromatic N) is 2. The lowest BCUT2D eigenvalue weighted by Crippen LogP contribution is -1.94. The summed E-state index contributed by atoms with van der Waals surface area (Å²) in [5.41, 5.74) is 11.4. The van der Waals surface area contributed by atoms with Gasteiger partial charge in [-0.05, 0) is 31.5 Å². The molecule has 3 rings (SSSR count). The summed E-state index contributed by atoms with van der Waals surface area (Å²) in [6.07, 6.45) is 1.95. The van der Waals surface area contributed by atoms with E-state index in [0.717, 1.165) is 22.5 Å². The molecule has 0 aliphatic heterocycles. The number of rotatable bonds is 1. The fourth-order valence-corrected chi connectivity index (χ4v) is 2.23. The number of nitrogens with two attached hydrogens (primary N) is 1. The van der Waals surface area contributed by atoms with Gasteiger partial charge in [-0.25, -0.2) is 4.98 Å². The van der Waals surface area contributed by atoms with Crippen LogP contribution in [0.3, 0.4) is 0 Å². The first-order chi connectivity index (χ1) is 8.66. The van der Waals surface area contributed by atoms with Crippen LogP contribution in [-0.2, 0) is 0 Å². The standard InChI is InChI=1S/C15H15N3/c1-10-5-3-7-12(9-10)13-14(16)18-8-4-6-11(2)15(18)17-13/h3-9H,16H2,1-2H3. The van der Waals surface area contributed by atoms with Crippen molar-refractivity contribution in [2.75, 3.05) is 5.73 Å². The topological polar surface area (TPSA) is 43.3 Å². The van der Waals surface area contributed by atoms with E-state index in [1.54, 1.807) is 0 Å². The molecule has 18 heavy (non-hydrogen) atoms. The monoisotopic (exact) mass is 237 g/mol. The number of hydrogen-bond donors (Lipinski definition) is 1. The Bertz CT molecular complexity index is 726. The number of hydrogen-bond acceptors (Lipinski definition) is 2. The summed E-state index contributed by atoms with van der Waals surface area (Å²) < 4.78 is 1.94. The smallest absolute Gasteiger partial charge is 0.142 e. The maximum atomic E-state index is 6.19. The summed E-state index contributed by atoms with van der Waals surface area (Å²) in [6, 6.07) is 12.3. The van der Waals surface area contributed by atoms with Gasteiger partial charge >= 0.3 is 0 Å². The minimum absolute atomic E-state index is 0.694. The molecule has 2 N–H and O–H groups in total. The van der Waals surface area contributed by atoms with Crippen LogP contribution in [0.15, 0.2) is 42.6 Å². The van der Waals surface area contributed by atoms with Crippen molar-refractivity contribution in [2.24, 2.45) is 0 Å². The second-order valence-corrected chi connectivity index (χ2v) is 4.60. The normalized spacial score (nSPS) is 11.0. The second-order valence-electron chi connectivity index (χ2n) is 4.60. The molecule has 0 radical (unpaired) electrons. The predicted octanol–water partition coefficient (Wildman–Crippen LogP) is 3.20. The number of aromatic nitrogens is 2. The van der Waals surface area contributed by atoms with E-state index in [4.69, 9.17) is 5.73 Å². The van der Waals surface area contributed by atoms with Gasteiger partial charge in [0.05, 0.1) is 0 Å². The molecule has 0 aliphatic carbocycles. The Hall–Kier alpha value is -2.29. The SMILES string of the molecule is Cc1cccc(-c2nc3c(C)cccn3c2N)c1. The third kappa shape index (κ3) is 1.56. The quantitative estimate of drug-likeness (QED) is 0.706. The average molecular weight is 237 g/mol. The Morgan fingerprint density at radius 3 is 2.67 bits per heavy atom. The second kappa shape index (κ2) is 3.88. The predicted molar refractivity (Wildman–Crippen MR) is 74.5 cm³/mol. The Kier molecular flexibility index (Phi) is 2.33. The highest BCUT2D eigenvalue weighted by atomic mass is 15.1. The maximum absolute atomic E-state index is 6.19. The molecule has 3 aromatic rings. The van der Waals surface area contributed by atoms with Crippen molar-refractivity contribution in [3.05, 3.63) is 53.7 Å². The van der Waals surface area contributed by atoms with Crippen molar-refractivity contribution in [3.8, 4) is 11.3 Å². The molecule has 0 fully saturated rings. The number of anilines is 1. The van der Waals surface area contributed by atoms with Gasteiger partial charge in [-0.3, -0.25) is 4.40 Å². The molecule has 2 aromatic heterocycles. The minimum Gasteiger partial charge on any atom is -0.383 e. The Morgan fingerprint density at radius 2 is 1.94 bits per heavy atom. The summed E-state index contributed by atoms with van der Waals surface area (Å²) in [4.78, 5) is 4.66. The highest BCUT2D eigenvalue weighted by Gasteiger charge is 2.12. The van der Waals surface area contributed by atoms with E-state index in [1.807, 2.05) is 41.8 Å². The first kappa shape index (κ1) is 10.8. The van der Waals surface area contributed by atoms with Crippen LogP contribution < -0.4 is 5.73 Å². The Morgan fingerprint density at radius 1 is 1.11 bits per heavy atom. The molecule has 0 unspecified atom stereocenters. The van der Waals surface area contributed by atoms with Crippen LogP contribution in [0.1, 0.15) is 11.1 Å². The van der Waals surface area contributed by atoms with Crippen LogP contribution in [0, 0.1) is 13.8 Å². The molecule has 3 nitrogen and oxygen atoms in total. The highest BCUT2D eigenvalue weighted by Crippen LogP contribution is 2.27. The van der Waals surface area contributed by atoms with Crippen molar-refractivity contribution < 1.29 is 0 Å². The van der Waals surface area contributed by atoms with E-state index in [9.17, 15) is 0 Å². The Labute approximate surface area is 106 Å². The molecule has 0 saturated heterocycles. The lowest BCUT2D eigenvalue weighted by atomic mass is 10.1. The van der Waals surface area contributed by atoms with Crippen LogP contribution >= 0.6 is 0 Å².